The molecule has 6 nitrogen and oxygen atoms in total. The van der Waals surface area contributed by atoms with E-state index in [9.17, 15) is 13.2 Å². The van der Waals surface area contributed by atoms with Gasteiger partial charge in [-0.05, 0) is 43.1 Å². The average molecular weight is 375 g/mol. The molecule has 2 aromatic rings. The first-order valence-electron chi connectivity index (χ1n) is 8.39. The summed E-state index contributed by atoms with van der Waals surface area (Å²) in [7, 11) is -1.89. The molecule has 0 aromatic heterocycles. The van der Waals surface area contributed by atoms with Crippen molar-refractivity contribution in [1.82, 2.24) is 15.4 Å². The Bertz CT molecular complexity index is 849. The van der Waals surface area contributed by atoms with Crippen LogP contribution in [0.5, 0.6) is 0 Å². The lowest BCUT2D eigenvalue weighted by Crippen LogP contribution is -2.36. The fourth-order valence-corrected chi connectivity index (χ4v) is 3.40. The minimum atomic E-state index is -3.28. The van der Waals surface area contributed by atoms with Crippen molar-refractivity contribution in [3.63, 3.8) is 0 Å². The summed E-state index contributed by atoms with van der Waals surface area (Å²) in [4.78, 5) is 12.1. The SMILES string of the molecule is CNS(=O)(=O)Cc1ccc(CNC(=O)NC(C)c2ccccc2C)cc1. The van der Waals surface area contributed by atoms with Gasteiger partial charge in [-0.25, -0.2) is 17.9 Å². The largest absolute Gasteiger partial charge is 0.334 e. The first kappa shape index (κ1) is 19.9. The zero-order valence-corrected chi connectivity index (χ0v) is 16.1. The number of benzene rings is 2. The third-order valence-electron chi connectivity index (χ3n) is 4.15. The molecule has 0 bridgehead atoms. The zero-order chi connectivity index (χ0) is 19.2. The third-order valence-corrected chi connectivity index (χ3v) is 5.48. The molecule has 0 aliphatic rings. The predicted octanol–water partition coefficient (Wildman–Crippen LogP) is 2.60. The van der Waals surface area contributed by atoms with E-state index in [0.29, 0.717) is 12.1 Å². The summed E-state index contributed by atoms with van der Waals surface area (Å²) in [6, 6.07) is 14.7. The maximum absolute atomic E-state index is 12.1. The fourth-order valence-electron chi connectivity index (χ4n) is 2.63. The molecule has 0 saturated carbocycles. The molecule has 2 rings (SSSR count). The van der Waals surface area contributed by atoms with Gasteiger partial charge in [-0.3, -0.25) is 0 Å². The van der Waals surface area contributed by atoms with Crippen LogP contribution in [0.3, 0.4) is 0 Å². The van der Waals surface area contributed by atoms with Crippen LogP contribution in [0.2, 0.25) is 0 Å². The van der Waals surface area contributed by atoms with Crippen molar-refractivity contribution < 1.29 is 13.2 Å². The second kappa shape index (κ2) is 8.82. The van der Waals surface area contributed by atoms with Crippen LogP contribution in [-0.4, -0.2) is 21.5 Å². The Morgan fingerprint density at radius 2 is 1.65 bits per heavy atom. The highest BCUT2D eigenvalue weighted by atomic mass is 32.2. The molecule has 1 atom stereocenters. The zero-order valence-electron chi connectivity index (χ0n) is 15.2. The summed E-state index contributed by atoms with van der Waals surface area (Å²) in [6.07, 6.45) is 0. The number of carbonyl (C=O) groups is 1. The summed E-state index contributed by atoms with van der Waals surface area (Å²) in [5.74, 6) is -0.0639. The van der Waals surface area contributed by atoms with E-state index < -0.39 is 10.0 Å². The molecule has 140 valence electrons. The molecule has 0 saturated heterocycles. The number of aryl methyl sites for hydroxylation is 1. The van der Waals surface area contributed by atoms with Crippen molar-refractivity contribution in [2.24, 2.45) is 0 Å². The fraction of sp³-hybridized carbons (Fsp3) is 0.316. The minimum absolute atomic E-state index is 0.0639. The van der Waals surface area contributed by atoms with Gasteiger partial charge in [0, 0.05) is 6.54 Å². The maximum atomic E-state index is 12.1. The van der Waals surface area contributed by atoms with Crippen molar-refractivity contribution in [3.05, 3.63) is 70.8 Å². The van der Waals surface area contributed by atoms with Crippen LogP contribution >= 0.6 is 0 Å². The molecule has 0 heterocycles. The van der Waals surface area contributed by atoms with Crippen molar-refractivity contribution >= 4 is 16.1 Å². The molecular formula is C19H25N3O3S. The molecule has 26 heavy (non-hydrogen) atoms. The predicted molar refractivity (Wildman–Crippen MR) is 103 cm³/mol. The summed E-state index contributed by atoms with van der Waals surface area (Å²) < 4.78 is 25.4. The van der Waals surface area contributed by atoms with Crippen LogP contribution in [0.1, 0.15) is 35.2 Å². The molecule has 2 aromatic carbocycles. The van der Waals surface area contributed by atoms with Gasteiger partial charge in [-0.2, -0.15) is 0 Å². The average Bonchev–Trinajstić information content (AvgIpc) is 2.61. The van der Waals surface area contributed by atoms with Crippen LogP contribution < -0.4 is 15.4 Å². The van der Waals surface area contributed by atoms with E-state index in [1.807, 2.05) is 50.2 Å². The van der Waals surface area contributed by atoms with E-state index in [0.717, 1.165) is 16.7 Å². The van der Waals surface area contributed by atoms with Gasteiger partial charge < -0.3 is 10.6 Å². The smallest absolute Gasteiger partial charge is 0.315 e. The first-order chi connectivity index (χ1) is 12.3. The second-order valence-corrected chi connectivity index (χ2v) is 8.11. The molecule has 0 spiro atoms. The minimum Gasteiger partial charge on any atom is -0.334 e. The number of amides is 2. The monoisotopic (exact) mass is 375 g/mol. The molecule has 1 unspecified atom stereocenters. The molecule has 3 N–H and O–H groups in total. The topological polar surface area (TPSA) is 87.3 Å². The van der Waals surface area contributed by atoms with Gasteiger partial charge in [0.15, 0.2) is 0 Å². The Morgan fingerprint density at radius 3 is 2.27 bits per heavy atom. The molecular weight excluding hydrogens is 350 g/mol. The number of sulfonamides is 1. The number of hydrogen-bond donors (Lipinski definition) is 3. The number of rotatable bonds is 7. The Morgan fingerprint density at radius 1 is 1.04 bits per heavy atom. The number of hydrogen-bond acceptors (Lipinski definition) is 3. The Labute approximate surface area is 155 Å². The molecule has 2 amide bonds. The highest BCUT2D eigenvalue weighted by Crippen LogP contribution is 2.16. The van der Waals surface area contributed by atoms with Crippen molar-refractivity contribution in [2.45, 2.75) is 32.2 Å². The lowest BCUT2D eigenvalue weighted by Gasteiger charge is -2.17. The number of carbonyl (C=O) groups excluding carboxylic acids is 1. The van der Waals surface area contributed by atoms with Crippen LogP contribution in [-0.2, 0) is 22.3 Å². The number of nitrogens with one attached hydrogen (secondary N) is 3. The van der Waals surface area contributed by atoms with Gasteiger partial charge in [-0.1, -0.05) is 48.5 Å². The normalized spacial score (nSPS) is 12.4. The lowest BCUT2D eigenvalue weighted by molar-refractivity contribution is 0.237. The summed E-state index contributed by atoms with van der Waals surface area (Å²) in [6.45, 7) is 4.32. The van der Waals surface area contributed by atoms with Crippen LogP contribution in [0.15, 0.2) is 48.5 Å². The summed E-state index contributed by atoms with van der Waals surface area (Å²) in [5, 5.41) is 5.74. The maximum Gasteiger partial charge on any atom is 0.315 e. The first-order valence-corrected chi connectivity index (χ1v) is 10.0. The van der Waals surface area contributed by atoms with Crippen molar-refractivity contribution in [1.29, 1.82) is 0 Å². The van der Waals surface area contributed by atoms with Gasteiger partial charge in [-0.15, -0.1) is 0 Å². The summed E-state index contributed by atoms with van der Waals surface area (Å²) in [5.41, 5.74) is 3.81. The molecule has 0 radical (unpaired) electrons. The quantitative estimate of drug-likeness (QED) is 0.695. The van der Waals surface area contributed by atoms with E-state index in [2.05, 4.69) is 15.4 Å². The molecule has 0 fully saturated rings. The molecule has 0 aliphatic heterocycles. The van der Waals surface area contributed by atoms with Gasteiger partial charge in [0.05, 0.1) is 11.8 Å². The Hall–Kier alpha value is -2.38. The van der Waals surface area contributed by atoms with E-state index in [-0.39, 0.29) is 17.8 Å². The third kappa shape index (κ3) is 5.86. The van der Waals surface area contributed by atoms with Crippen LogP contribution in [0.4, 0.5) is 4.79 Å². The van der Waals surface area contributed by atoms with Crippen molar-refractivity contribution in [2.75, 3.05) is 7.05 Å². The lowest BCUT2D eigenvalue weighted by atomic mass is 10.0. The van der Waals surface area contributed by atoms with E-state index >= 15 is 0 Å². The Kier molecular flexibility index (Phi) is 6.76. The molecule has 0 aliphatic carbocycles. The standard InChI is InChI=1S/C19H25N3O3S/c1-14-6-4-5-7-18(14)15(2)22-19(23)21-12-16-8-10-17(11-9-16)13-26(24,25)20-3/h4-11,15,20H,12-13H2,1-3H3,(H2,21,22,23). The van der Waals surface area contributed by atoms with Gasteiger partial charge in [0.2, 0.25) is 10.0 Å². The highest BCUT2D eigenvalue weighted by Gasteiger charge is 2.11. The Balaban J connectivity index is 1.86. The van der Waals surface area contributed by atoms with Crippen LogP contribution in [0.25, 0.3) is 0 Å². The van der Waals surface area contributed by atoms with Gasteiger partial charge in [0.25, 0.3) is 0 Å². The van der Waals surface area contributed by atoms with E-state index in [1.165, 1.54) is 7.05 Å². The highest BCUT2D eigenvalue weighted by molar-refractivity contribution is 7.88. The van der Waals surface area contributed by atoms with Gasteiger partial charge >= 0.3 is 6.03 Å². The summed E-state index contributed by atoms with van der Waals surface area (Å²) >= 11 is 0. The van der Waals surface area contributed by atoms with Gasteiger partial charge in [0.1, 0.15) is 0 Å². The molecule has 7 heteroatoms. The second-order valence-electron chi connectivity index (χ2n) is 6.18. The van der Waals surface area contributed by atoms with Crippen molar-refractivity contribution in [3.8, 4) is 0 Å². The van der Waals surface area contributed by atoms with E-state index in [4.69, 9.17) is 0 Å². The van der Waals surface area contributed by atoms with Crippen LogP contribution in [0, 0.1) is 6.92 Å². The number of urea groups is 1. The van der Waals surface area contributed by atoms with E-state index in [1.54, 1.807) is 12.1 Å².